The lowest BCUT2D eigenvalue weighted by atomic mass is 10.1. The van der Waals surface area contributed by atoms with E-state index in [4.69, 9.17) is 0 Å². The van der Waals surface area contributed by atoms with Crippen LogP contribution in [0.3, 0.4) is 0 Å². The van der Waals surface area contributed by atoms with E-state index in [2.05, 4.69) is 76.6 Å². The first-order chi connectivity index (χ1) is 17.6. The quantitative estimate of drug-likeness (QED) is 0.217. The molecular weight excluding hydrogens is 446 g/mol. The molecule has 5 nitrogen and oxygen atoms in total. The molecule has 176 valence electrons. The zero-order valence-electron chi connectivity index (χ0n) is 19.8. The SMILES string of the molecule is Cc1ccc(-n2c(-c3ccccc3)cc(/C=N\NC(=O)c3cccc(O)c3)c2-c2ccccc2)cc1. The minimum absolute atomic E-state index is 0.0284. The van der Waals surface area contributed by atoms with Gasteiger partial charge in [-0.05, 0) is 54.4 Å². The predicted octanol–water partition coefficient (Wildman–Crippen LogP) is 6.59. The normalized spacial score (nSPS) is 11.0. The summed E-state index contributed by atoms with van der Waals surface area (Å²) in [5.74, 6) is -0.370. The number of hydrazone groups is 1. The van der Waals surface area contributed by atoms with Gasteiger partial charge in [0.1, 0.15) is 5.75 Å². The van der Waals surface area contributed by atoms with Crippen molar-refractivity contribution < 1.29 is 9.90 Å². The molecule has 0 atom stereocenters. The third-order valence-corrected chi connectivity index (χ3v) is 5.92. The molecule has 36 heavy (non-hydrogen) atoms. The lowest BCUT2D eigenvalue weighted by Crippen LogP contribution is -2.17. The van der Waals surface area contributed by atoms with Crippen molar-refractivity contribution in [3.05, 3.63) is 132 Å². The Kier molecular flexibility index (Phi) is 6.45. The molecule has 2 N–H and O–H groups in total. The Labute approximate surface area is 210 Å². The van der Waals surface area contributed by atoms with Gasteiger partial charge in [-0.2, -0.15) is 5.10 Å². The van der Waals surface area contributed by atoms with Crippen LogP contribution in [-0.2, 0) is 0 Å². The number of aromatic nitrogens is 1. The van der Waals surface area contributed by atoms with Crippen LogP contribution in [0.2, 0.25) is 0 Å². The number of hydrogen-bond donors (Lipinski definition) is 2. The van der Waals surface area contributed by atoms with E-state index < -0.39 is 5.91 Å². The molecule has 5 heteroatoms. The molecule has 1 amide bonds. The minimum atomic E-state index is -0.398. The third kappa shape index (κ3) is 4.81. The summed E-state index contributed by atoms with van der Waals surface area (Å²) >= 11 is 0. The van der Waals surface area contributed by atoms with Gasteiger partial charge in [0.25, 0.3) is 5.91 Å². The van der Waals surface area contributed by atoms with E-state index in [1.54, 1.807) is 18.3 Å². The zero-order valence-corrected chi connectivity index (χ0v) is 19.8. The fourth-order valence-electron chi connectivity index (χ4n) is 4.18. The number of benzene rings is 4. The molecule has 0 unspecified atom stereocenters. The van der Waals surface area contributed by atoms with E-state index in [0.29, 0.717) is 5.56 Å². The highest BCUT2D eigenvalue weighted by Crippen LogP contribution is 2.35. The molecular formula is C31H25N3O2. The summed E-state index contributed by atoms with van der Waals surface area (Å²) in [6.45, 7) is 2.07. The van der Waals surface area contributed by atoms with Crippen LogP contribution in [0.25, 0.3) is 28.2 Å². The van der Waals surface area contributed by atoms with E-state index in [1.165, 1.54) is 17.7 Å². The van der Waals surface area contributed by atoms with Gasteiger partial charge in [0.15, 0.2) is 0 Å². The highest BCUT2D eigenvalue weighted by atomic mass is 16.3. The van der Waals surface area contributed by atoms with Crippen LogP contribution in [0.15, 0.2) is 120 Å². The summed E-state index contributed by atoms with van der Waals surface area (Å²) in [6, 6.07) is 37.0. The number of aryl methyl sites for hydroxylation is 1. The number of phenols is 1. The molecule has 0 saturated heterocycles. The molecule has 0 aliphatic carbocycles. The number of phenolic OH excluding ortho intramolecular Hbond substituents is 1. The van der Waals surface area contributed by atoms with Crippen LogP contribution in [0.1, 0.15) is 21.5 Å². The van der Waals surface area contributed by atoms with Gasteiger partial charge in [-0.1, -0.05) is 84.4 Å². The number of nitrogens with one attached hydrogen (secondary N) is 1. The van der Waals surface area contributed by atoms with Gasteiger partial charge < -0.3 is 9.67 Å². The largest absolute Gasteiger partial charge is 0.508 e. The summed E-state index contributed by atoms with van der Waals surface area (Å²) in [5.41, 5.74) is 10.1. The van der Waals surface area contributed by atoms with Crippen molar-refractivity contribution in [3.63, 3.8) is 0 Å². The molecule has 0 radical (unpaired) electrons. The summed E-state index contributed by atoms with van der Waals surface area (Å²) in [6.07, 6.45) is 1.67. The number of rotatable bonds is 6. The summed E-state index contributed by atoms with van der Waals surface area (Å²) in [7, 11) is 0. The Hall–Kier alpha value is -4.90. The van der Waals surface area contributed by atoms with Crippen LogP contribution in [0.4, 0.5) is 0 Å². The van der Waals surface area contributed by atoms with Crippen LogP contribution in [-0.4, -0.2) is 21.8 Å². The molecule has 0 fully saturated rings. The molecule has 0 saturated carbocycles. The highest BCUT2D eigenvalue weighted by molar-refractivity contribution is 5.97. The second kappa shape index (κ2) is 10.2. The standard InChI is InChI=1S/C31H25N3O2/c1-22-15-17-27(18-16-22)34-29(23-9-4-2-5-10-23)20-26(30(34)24-11-6-3-7-12-24)21-32-33-31(36)25-13-8-14-28(35)19-25/h2-21,35H,1H3,(H,33,36)/b32-21-. The van der Waals surface area contributed by atoms with E-state index in [0.717, 1.165) is 33.8 Å². The first-order valence-corrected chi connectivity index (χ1v) is 11.7. The Morgan fingerprint density at radius 1 is 0.806 bits per heavy atom. The number of amides is 1. The number of hydrogen-bond acceptors (Lipinski definition) is 3. The summed E-state index contributed by atoms with van der Waals surface area (Å²) in [4.78, 5) is 12.5. The fourth-order valence-corrected chi connectivity index (χ4v) is 4.18. The molecule has 5 rings (SSSR count). The average molecular weight is 472 g/mol. The molecule has 4 aromatic carbocycles. The summed E-state index contributed by atoms with van der Waals surface area (Å²) < 4.78 is 2.22. The smallest absolute Gasteiger partial charge is 0.271 e. The van der Waals surface area contributed by atoms with E-state index in [9.17, 15) is 9.90 Å². The Bertz CT molecular complexity index is 1520. The summed E-state index contributed by atoms with van der Waals surface area (Å²) in [5, 5.41) is 13.9. The van der Waals surface area contributed by atoms with Gasteiger partial charge in [0, 0.05) is 16.8 Å². The van der Waals surface area contributed by atoms with E-state index in [-0.39, 0.29) is 5.75 Å². The van der Waals surface area contributed by atoms with Gasteiger partial charge in [-0.25, -0.2) is 5.43 Å². The molecule has 0 bridgehead atoms. The molecule has 0 aliphatic heterocycles. The van der Waals surface area contributed by atoms with Crippen molar-refractivity contribution >= 4 is 12.1 Å². The van der Waals surface area contributed by atoms with Gasteiger partial charge in [0.05, 0.1) is 17.6 Å². The van der Waals surface area contributed by atoms with Crippen molar-refractivity contribution in [1.29, 1.82) is 0 Å². The van der Waals surface area contributed by atoms with Crippen molar-refractivity contribution in [2.45, 2.75) is 6.92 Å². The van der Waals surface area contributed by atoms with Gasteiger partial charge in [-0.15, -0.1) is 0 Å². The number of carbonyl (C=O) groups is 1. The maximum atomic E-state index is 12.5. The molecule has 1 heterocycles. The highest BCUT2D eigenvalue weighted by Gasteiger charge is 2.18. The molecule has 0 spiro atoms. The van der Waals surface area contributed by atoms with Crippen molar-refractivity contribution in [2.75, 3.05) is 0 Å². The Balaban J connectivity index is 1.63. The topological polar surface area (TPSA) is 66.6 Å². The van der Waals surface area contributed by atoms with E-state index >= 15 is 0 Å². The zero-order chi connectivity index (χ0) is 24.9. The number of nitrogens with zero attached hydrogens (tertiary/aromatic N) is 2. The van der Waals surface area contributed by atoms with E-state index in [1.807, 2.05) is 36.4 Å². The second-order valence-corrected chi connectivity index (χ2v) is 8.49. The fraction of sp³-hybridized carbons (Fsp3) is 0.0323. The number of carbonyl (C=O) groups excluding carboxylic acids is 1. The van der Waals surface area contributed by atoms with Crippen LogP contribution >= 0.6 is 0 Å². The minimum Gasteiger partial charge on any atom is -0.508 e. The van der Waals surface area contributed by atoms with Gasteiger partial charge in [-0.3, -0.25) is 4.79 Å². The number of aromatic hydroxyl groups is 1. The monoisotopic (exact) mass is 471 g/mol. The first-order valence-electron chi connectivity index (χ1n) is 11.7. The average Bonchev–Trinajstić information content (AvgIpc) is 3.29. The van der Waals surface area contributed by atoms with Crippen LogP contribution in [0.5, 0.6) is 5.75 Å². The van der Waals surface area contributed by atoms with Crippen molar-refractivity contribution in [1.82, 2.24) is 9.99 Å². The predicted molar refractivity (Wildman–Crippen MR) is 145 cm³/mol. The Morgan fingerprint density at radius 2 is 1.47 bits per heavy atom. The second-order valence-electron chi connectivity index (χ2n) is 8.49. The van der Waals surface area contributed by atoms with Crippen LogP contribution < -0.4 is 5.43 Å². The molecule has 5 aromatic rings. The van der Waals surface area contributed by atoms with Crippen molar-refractivity contribution in [3.8, 4) is 34.0 Å². The van der Waals surface area contributed by atoms with Crippen molar-refractivity contribution in [2.24, 2.45) is 5.10 Å². The third-order valence-electron chi connectivity index (χ3n) is 5.92. The maximum absolute atomic E-state index is 12.5. The molecule has 1 aromatic heterocycles. The first kappa shape index (κ1) is 22.9. The van der Waals surface area contributed by atoms with Crippen LogP contribution in [0, 0.1) is 6.92 Å². The Morgan fingerprint density at radius 3 is 2.14 bits per heavy atom. The van der Waals surface area contributed by atoms with Gasteiger partial charge in [0.2, 0.25) is 0 Å². The lowest BCUT2D eigenvalue weighted by molar-refractivity contribution is 0.0954. The maximum Gasteiger partial charge on any atom is 0.271 e. The van der Waals surface area contributed by atoms with Gasteiger partial charge >= 0.3 is 0 Å². The lowest BCUT2D eigenvalue weighted by Gasteiger charge is -2.15. The molecule has 0 aliphatic rings.